The Morgan fingerprint density at radius 3 is 2.72 bits per heavy atom. The maximum atomic E-state index is 5.66. The van der Waals surface area contributed by atoms with Gasteiger partial charge in [-0.05, 0) is 6.42 Å². The monoisotopic (exact) mass is 259 g/mol. The summed E-state index contributed by atoms with van der Waals surface area (Å²) in [6, 6.07) is 10.4. The van der Waals surface area contributed by atoms with E-state index in [1.165, 1.54) is 0 Å². The quantitative estimate of drug-likeness (QED) is 0.839. The SMILES string of the molecule is CCC(CC(N)=S)n1ccnc1-c1ccccc1. The Morgan fingerprint density at radius 2 is 2.11 bits per heavy atom. The highest BCUT2D eigenvalue weighted by Gasteiger charge is 2.14. The fraction of sp³-hybridized carbons (Fsp3) is 0.286. The number of nitrogens with zero attached hydrogens (tertiary/aromatic N) is 2. The van der Waals surface area contributed by atoms with E-state index in [1.54, 1.807) is 0 Å². The molecule has 0 aliphatic heterocycles. The first-order chi connectivity index (χ1) is 8.72. The number of nitrogens with two attached hydrogens (primary N) is 1. The molecule has 3 nitrogen and oxygen atoms in total. The van der Waals surface area contributed by atoms with Crippen molar-refractivity contribution in [3.05, 3.63) is 42.7 Å². The normalized spacial score (nSPS) is 12.3. The fourth-order valence-electron chi connectivity index (χ4n) is 2.09. The van der Waals surface area contributed by atoms with E-state index in [-0.39, 0.29) is 6.04 Å². The molecular weight excluding hydrogens is 242 g/mol. The lowest BCUT2D eigenvalue weighted by Gasteiger charge is -2.18. The lowest BCUT2D eigenvalue weighted by atomic mass is 10.1. The first-order valence-corrected chi connectivity index (χ1v) is 6.49. The fourth-order valence-corrected chi connectivity index (χ4v) is 2.28. The van der Waals surface area contributed by atoms with Crippen molar-refractivity contribution in [2.45, 2.75) is 25.8 Å². The van der Waals surface area contributed by atoms with Crippen LogP contribution in [-0.2, 0) is 0 Å². The van der Waals surface area contributed by atoms with Gasteiger partial charge in [-0.1, -0.05) is 49.5 Å². The van der Waals surface area contributed by atoms with E-state index in [0.29, 0.717) is 11.4 Å². The molecule has 4 heteroatoms. The van der Waals surface area contributed by atoms with Crippen LogP contribution in [0.25, 0.3) is 11.4 Å². The minimum Gasteiger partial charge on any atom is -0.393 e. The van der Waals surface area contributed by atoms with Gasteiger partial charge in [0.15, 0.2) is 0 Å². The van der Waals surface area contributed by atoms with Crippen LogP contribution in [0.1, 0.15) is 25.8 Å². The minimum atomic E-state index is 0.278. The summed E-state index contributed by atoms with van der Waals surface area (Å²) in [4.78, 5) is 4.99. The van der Waals surface area contributed by atoms with Gasteiger partial charge in [0.05, 0.1) is 4.99 Å². The van der Waals surface area contributed by atoms with Crippen molar-refractivity contribution < 1.29 is 0 Å². The Balaban J connectivity index is 2.35. The zero-order valence-corrected chi connectivity index (χ0v) is 11.2. The highest BCUT2D eigenvalue weighted by atomic mass is 32.1. The molecule has 2 rings (SSSR count). The average molecular weight is 259 g/mol. The van der Waals surface area contributed by atoms with Crippen LogP contribution in [0.15, 0.2) is 42.7 Å². The highest BCUT2D eigenvalue weighted by molar-refractivity contribution is 7.80. The van der Waals surface area contributed by atoms with Gasteiger partial charge in [0.1, 0.15) is 5.82 Å². The lowest BCUT2D eigenvalue weighted by Crippen LogP contribution is -2.17. The second-order valence-corrected chi connectivity index (χ2v) is 4.78. The summed E-state index contributed by atoms with van der Waals surface area (Å²) in [7, 11) is 0. The van der Waals surface area contributed by atoms with E-state index in [2.05, 4.69) is 28.6 Å². The predicted molar refractivity (Wildman–Crippen MR) is 78.4 cm³/mol. The van der Waals surface area contributed by atoms with Gasteiger partial charge in [0.25, 0.3) is 0 Å². The van der Waals surface area contributed by atoms with Crippen LogP contribution in [0.4, 0.5) is 0 Å². The number of benzene rings is 1. The molecule has 94 valence electrons. The summed E-state index contributed by atoms with van der Waals surface area (Å²) in [5.41, 5.74) is 6.78. The highest BCUT2D eigenvalue weighted by Crippen LogP contribution is 2.24. The van der Waals surface area contributed by atoms with Crippen molar-refractivity contribution in [2.24, 2.45) is 5.73 Å². The maximum Gasteiger partial charge on any atom is 0.140 e. The van der Waals surface area contributed by atoms with Crippen LogP contribution in [0.5, 0.6) is 0 Å². The summed E-state index contributed by atoms with van der Waals surface area (Å²) in [5.74, 6) is 0.971. The van der Waals surface area contributed by atoms with Gasteiger partial charge in [0, 0.05) is 30.4 Å². The van der Waals surface area contributed by atoms with E-state index < -0.39 is 0 Å². The molecule has 0 aliphatic rings. The van der Waals surface area contributed by atoms with Gasteiger partial charge < -0.3 is 10.3 Å². The number of aromatic nitrogens is 2. The molecular formula is C14H17N3S. The van der Waals surface area contributed by atoms with Crippen molar-refractivity contribution in [1.29, 1.82) is 0 Å². The second kappa shape index (κ2) is 5.78. The number of hydrogen-bond acceptors (Lipinski definition) is 2. The van der Waals surface area contributed by atoms with Gasteiger partial charge in [0.2, 0.25) is 0 Å². The number of rotatable bonds is 5. The van der Waals surface area contributed by atoms with Crippen molar-refractivity contribution in [1.82, 2.24) is 9.55 Å². The molecule has 1 heterocycles. The molecule has 0 radical (unpaired) electrons. The van der Waals surface area contributed by atoms with Gasteiger partial charge in [-0.3, -0.25) is 0 Å². The van der Waals surface area contributed by atoms with E-state index in [1.807, 2.05) is 30.6 Å². The summed E-state index contributed by atoms with van der Waals surface area (Å²) in [6.07, 6.45) is 5.51. The minimum absolute atomic E-state index is 0.278. The molecule has 2 aromatic rings. The molecule has 18 heavy (non-hydrogen) atoms. The smallest absolute Gasteiger partial charge is 0.140 e. The molecule has 1 unspecified atom stereocenters. The van der Waals surface area contributed by atoms with Crippen LogP contribution in [-0.4, -0.2) is 14.5 Å². The molecule has 0 bridgehead atoms. The van der Waals surface area contributed by atoms with Gasteiger partial charge in [-0.25, -0.2) is 4.98 Å². The Hall–Kier alpha value is -1.68. The number of imidazole rings is 1. The third-order valence-corrected chi connectivity index (χ3v) is 3.17. The third kappa shape index (κ3) is 2.76. The molecule has 0 spiro atoms. The topological polar surface area (TPSA) is 43.8 Å². The van der Waals surface area contributed by atoms with Crippen LogP contribution in [0.2, 0.25) is 0 Å². The van der Waals surface area contributed by atoms with Crippen LogP contribution in [0, 0.1) is 0 Å². The van der Waals surface area contributed by atoms with Crippen LogP contribution in [0.3, 0.4) is 0 Å². The molecule has 1 aromatic carbocycles. The van der Waals surface area contributed by atoms with Crippen LogP contribution < -0.4 is 5.73 Å². The lowest BCUT2D eigenvalue weighted by molar-refractivity contribution is 0.508. The number of hydrogen-bond donors (Lipinski definition) is 1. The van der Waals surface area contributed by atoms with Gasteiger partial charge >= 0.3 is 0 Å². The summed E-state index contributed by atoms with van der Waals surface area (Å²) in [5, 5.41) is 0. The first kappa shape index (κ1) is 12.8. The molecule has 1 aromatic heterocycles. The zero-order chi connectivity index (χ0) is 13.0. The molecule has 0 fully saturated rings. The first-order valence-electron chi connectivity index (χ1n) is 6.09. The zero-order valence-electron chi connectivity index (χ0n) is 10.4. The summed E-state index contributed by atoms with van der Waals surface area (Å²) >= 11 is 5.02. The maximum absolute atomic E-state index is 5.66. The Morgan fingerprint density at radius 1 is 1.39 bits per heavy atom. The molecule has 0 saturated heterocycles. The van der Waals surface area contributed by atoms with Crippen LogP contribution >= 0.6 is 12.2 Å². The molecule has 0 amide bonds. The summed E-state index contributed by atoms with van der Waals surface area (Å²) < 4.78 is 2.16. The van der Waals surface area contributed by atoms with Crippen molar-refractivity contribution in [3.63, 3.8) is 0 Å². The van der Waals surface area contributed by atoms with Crippen molar-refractivity contribution in [2.75, 3.05) is 0 Å². The Kier molecular flexibility index (Phi) is 4.10. The van der Waals surface area contributed by atoms with E-state index in [9.17, 15) is 0 Å². The predicted octanol–water partition coefficient (Wildman–Crippen LogP) is 3.18. The molecule has 2 N–H and O–H groups in total. The van der Waals surface area contributed by atoms with E-state index in [4.69, 9.17) is 18.0 Å². The third-order valence-electron chi connectivity index (χ3n) is 3.00. The van der Waals surface area contributed by atoms with Crippen molar-refractivity contribution >= 4 is 17.2 Å². The Bertz CT molecular complexity index is 519. The standard InChI is InChI=1S/C14H17N3S/c1-2-12(10-13(15)18)17-9-8-16-14(17)11-6-4-3-5-7-11/h3-9,12H,2,10H2,1H3,(H2,15,18). The van der Waals surface area contributed by atoms with Crippen molar-refractivity contribution in [3.8, 4) is 11.4 Å². The largest absolute Gasteiger partial charge is 0.393 e. The van der Waals surface area contributed by atoms with E-state index >= 15 is 0 Å². The molecule has 1 atom stereocenters. The second-order valence-electron chi connectivity index (χ2n) is 4.26. The molecule has 0 aliphatic carbocycles. The van der Waals surface area contributed by atoms with Gasteiger partial charge in [-0.2, -0.15) is 0 Å². The summed E-state index contributed by atoms with van der Waals surface area (Å²) in [6.45, 7) is 2.14. The van der Waals surface area contributed by atoms with E-state index in [0.717, 1.165) is 17.8 Å². The Labute approximate surface area is 113 Å². The van der Waals surface area contributed by atoms with Gasteiger partial charge in [-0.15, -0.1) is 0 Å². The molecule has 0 saturated carbocycles. The number of thiocarbonyl (C=S) groups is 1. The average Bonchev–Trinajstić information content (AvgIpc) is 2.86.